The molecule has 0 unspecified atom stereocenters. The van der Waals surface area contributed by atoms with E-state index in [2.05, 4.69) is 11.2 Å². The second-order valence-corrected chi connectivity index (χ2v) is 9.31. The van der Waals surface area contributed by atoms with Crippen LogP contribution in [0.4, 0.5) is 0 Å². The van der Waals surface area contributed by atoms with Gasteiger partial charge in [-0.2, -0.15) is 10.4 Å². The predicted molar refractivity (Wildman–Crippen MR) is 120 cm³/mol. The summed E-state index contributed by atoms with van der Waals surface area (Å²) in [4.78, 5) is 26.9. The van der Waals surface area contributed by atoms with E-state index in [1.807, 2.05) is 45.0 Å². The third-order valence-corrected chi connectivity index (χ3v) is 6.48. The minimum absolute atomic E-state index is 0.113. The highest BCUT2D eigenvalue weighted by Crippen LogP contribution is 2.60. The molecule has 0 aromatic heterocycles. The van der Waals surface area contributed by atoms with Crippen molar-refractivity contribution >= 4 is 17.9 Å². The average molecular weight is 431 g/mol. The van der Waals surface area contributed by atoms with Crippen molar-refractivity contribution in [2.24, 2.45) is 21.7 Å². The van der Waals surface area contributed by atoms with Crippen molar-refractivity contribution in [2.75, 3.05) is 7.11 Å². The minimum atomic E-state index is -1.70. The molecule has 0 aliphatic carbocycles. The van der Waals surface area contributed by atoms with E-state index in [9.17, 15) is 14.9 Å². The third kappa shape index (κ3) is 2.98. The topological polar surface area (TPSA) is 109 Å². The zero-order valence-electron chi connectivity index (χ0n) is 18.6. The van der Waals surface area contributed by atoms with Crippen LogP contribution < -0.4 is 10.5 Å². The number of hydrogen-bond acceptors (Lipinski definition) is 6. The van der Waals surface area contributed by atoms with E-state index in [0.717, 1.165) is 11.1 Å². The number of hydrogen-bond donors (Lipinski definition) is 1. The first kappa shape index (κ1) is 21.6. The van der Waals surface area contributed by atoms with Gasteiger partial charge >= 0.3 is 0 Å². The number of hydrazone groups is 1. The molecule has 1 amide bonds. The number of nitrogens with two attached hydrogens (primary N) is 1. The largest absolute Gasteiger partial charge is 0.497 e. The van der Waals surface area contributed by atoms with Gasteiger partial charge in [0, 0.05) is 11.3 Å². The van der Waals surface area contributed by atoms with Crippen molar-refractivity contribution in [3.05, 3.63) is 65.2 Å². The van der Waals surface area contributed by atoms with E-state index < -0.39 is 34.7 Å². The lowest BCUT2D eigenvalue weighted by Crippen LogP contribution is -2.45. The molecule has 2 aromatic carbocycles. The second kappa shape index (κ2) is 7.49. The molecule has 2 aromatic rings. The number of nitrogens with zero attached hydrogens (tertiary/aromatic N) is 3. The third-order valence-electron chi connectivity index (χ3n) is 6.48. The number of fused-ring (bicyclic) bond motifs is 3. The zero-order valence-corrected chi connectivity index (χ0v) is 18.6. The van der Waals surface area contributed by atoms with Crippen molar-refractivity contribution in [2.45, 2.75) is 38.8 Å². The van der Waals surface area contributed by atoms with Crippen molar-refractivity contribution in [3.63, 3.8) is 0 Å². The number of carbonyl (C=O) groups excluding carboxylic acids is 2. The maximum absolute atomic E-state index is 13.8. The molecule has 0 radical (unpaired) electrons. The summed E-state index contributed by atoms with van der Waals surface area (Å²) in [6.45, 7) is 5.48. The van der Waals surface area contributed by atoms with Gasteiger partial charge < -0.3 is 10.5 Å². The fourth-order valence-electron chi connectivity index (χ4n) is 4.92. The van der Waals surface area contributed by atoms with Gasteiger partial charge in [0.15, 0.2) is 11.2 Å². The Hall–Kier alpha value is -3.66. The number of amides is 1. The molecular weight excluding hydrogens is 404 g/mol. The Kier molecular flexibility index (Phi) is 5.04. The van der Waals surface area contributed by atoms with E-state index in [1.54, 1.807) is 42.6 Å². The van der Waals surface area contributed by atoms with Gasteiger partial charge in [-0.25, -0.2) is 0 Å². The highest BCUT2D eigenvalue weighted by Gasteiger charge is 2.67. The number of rotatable bonds is 4. The van der Waals surface area contributed by atoms with Gasteiger partial charge in [-0.1, -0.05) is 57.2 Å². The molecule has 1 fully saturated rings. The summed E-state index contributed by atoms with van der Waals surface area (Å²) in [5.74, 6) is -1.06. The first-order valence-electron chi connectivity index (χ1n) is 10.5. The van der Waals surface area contributed by atoms with Crippen LogP contribution in [0.25, 0.3) is 0 Å². The van der Waals surface area contributed by atoms with Gasteiger partial charge in [0.1, 0.15) is 17.8 Å². The molecule has 2 N–H and O–H groups in total. The molecule has 164 valence electrons. The van der Waals surface area contributed by atoms with Crippen molar-refractivity contribution in [1.82, 2.24) is 5.01 Å². The first-order valence-corrected chi connectivity index (χ1v) is 10.5. The minimum Gasteiger partial charge on any atom is -0.497 e. The SMILES string of the molecule is COc1ccc([C@@H]2[C@@H](C(=O)C(C)(C)C)N3N=Cc4ccccc4[C@H]3[C@]2(C#N)C(N)=O)cc1. The highest BCUT2D eigenvalue weighted by molar-refractivity contribution is 5.96. The van der Waals surface area contributed by atoms with E-state index in [0.29, 0.717) is 11.3 Å². The van der Waals surface area contributed by atoms with Crippen LogP contribution in [0.3, 0.4) is 0 Å². The van der Waals surface area contributed by atoms with E-state index in [-0.39, 0.29) is 5.78 Å². The Morgan fingerprint density at radius 1 is 1.16 bits per heavy atom. The summed E-state index contributed by atoms with van der Waals surface area (Å²) in [5.41, 5.74) is 5.78. The van der Waals surface area contributed by atoms with E-state index in [1.165, 1.54) is 0 Å². The van der Waals surface area contributed by atoms with Crippen molar-refractivity contribution in [1.29, 1.82) is 5.26 Å². The summed E-state index contributed by atoms with van der Waals surface area (Å²) in [5, 5.41) is 16.7. The summed E-state index contributed by atoms with van der Waals surface area (Å²) in [7, 11) is 1.56. The van der Waals surface area contributed by atoms with Gasteiger partial charge in [-0.3, -0.25) is 14.6 Å². The van der Waals surface area contributed by atoms with Gasteiger partial charge in [0.25, 0.3) is 0 Å². The fourth-order valence-corrected chi connectivity index (χ4v) is 4.92. The Labute approximate surface area is 187 Å². The van der Waals surface area contributed by atoms with E-state index >= 15 is 0 Å². The monoisotopic (exact) mass is 430 g/mol. The Bertz CT molecular complexity index is 1140. The zero-order chi connectivity index (χ0) is 23.3. The molecule has 4 atom stereocenters. The maximum atomic E-state index is 13.8. The van der Waals surface area contributed by atoms with Crippen LogP contribution in [0.2, 0.25) is 0 Å². The number of carbonyl (C=O) groups is 2. The van der Waals surface area contributed by atoms with Crippen LogP contribution in [0.1, 0.15) is 49.4 Å². The molecule has 32 heavy (non-hydrogen) atoms. The second-order valence-electron chi connectivity index (χ2n) is 9.31. The first-order chi connectivity index (χ1) is 15.2. The van der Waals surface area contributed by atoms with Crippen molar-refractivity contribution in [3.8, 4) is 11.8 Å². The molecule has 2 aliphatic rings. The number of Topliss-reactive ketones (excluding diaryl/α,β-unsaturated/α-hetero) is 1. The number of methoxy groups -OCH3 is 1. The van der Waals surface area contributed by atoms with Crippen LogP contribution in [-0.2, 0) is 9.59 Å². The van der Waals surface area contributed by atoms with Gasteiger partial charge in [-0.05, 0) is 28.8 Å². The summed E-state index contributed by atoms with van der Waals surface area (Å²) >= 11 is 0. The number of primary amides is 1. The van der Waals surface area contributed by atoms with Crippen LogP contribution in [0.15, 0.2) is 53.6 Å². The van der Waals surface area contributed by atoms with Crippen molar-refractivity contribution < 1.29 is 14.3 Å². The predicted octanol–water partition coefficient (Wildman–Crippen LogP) is 3.16. The molecule has 4 rings (SSSR count). The van der Waals surface area contributed by atoms with Gasteiger partial charge in [0.2, 0.25) is 5.91 Å². The quantitative estimate of drug-likeness (QED) is 0.801. The summed E-state index contributed by atoms with van der Waals surface area (Å²) in [6, 6.07) is 15.2. The Balaban J connectivity index is 2.03. The molecule has 1 saturated heterocycles. The molecular formula is C25H26N4O3. The standard InChI is InChI=1S/C25H26N4O3/c1-24(2,3)22(30)20-19(15-9-11-17(32-4)12-10-15)25(14-26,23(27)31)21-18-8-6-5-7-16(18)13-28-29(20)21/h5-13,19-21H,1-4H3,(H2,27,31)/t19-,20+,21+,25-/m1/s1. The maximum Gasteiger partial charge on any atom is 0.241 e. The number of ketones is 1. The van der Waals surface area contributed by atoms with Crippen LogP contribution in [-0.4, -0.2) is 36.1 Å². The molecule has 2 heterocycles. The summed E-state index contributed by atoms with van der Waals surface area (Å²) < 4.78 is 5.27. The average Bonchev–Trinajstić information content (AvgIpc) is 3.09. The lowest BCUT2D eigenvalue weighted by Gasteiger charge is -2.35. The molecule has 7 heteroatoms. The summed E-state index contributed by atoms with van der Waals surface area (Å²) in [6.07, 6.45) is 1.67. The molecule has 0 bridgehead atoms. The van der Waals surface area contributed by atoms with E-state index in [4.69, 9.17) is 10.5 Å². The normalized spacial score (nSPS) is 26.1. The Morgan fingerprint density at radius 3 is 2.38 bits per heavy atom. The van der Waals surface area contributed by atoms with Gasteiger partial charge in [-0.15, -0.1) is 0 Å². The molecule has 0 saturated carbocycles. The lowest BCUT2D eigenvalue weighted by molar-refractivity contribution is -0.131. The number of ether oxygens (including phenoxy) is 1. The van der Waals surface area contributed by atoms with Crippen LogP contribution in [0, 0.1) is 22.2 Å². The number of benzene rings is 2. The smallest absolute Gasteiger partial charge is 0.241 e. The Morgan fingerprint density at radius 2 is 1.81 bits per heavy atom. The molecule has 7 nitrogen and oxygen atoms in total. The highest BCUT2D eigenvalue weighted by atomic mass is 16.5. The van der Waals surface area contributed by atoms with Crippen LogP contribution >= 0.6 is 0 Å². The molecule has 2 aliphatic heterocycles. The van der Waals surface area contributed by atoms with Gasteiger partial charge in [0.05, 0.1) is 19.4 Å². The lowest BCUT2D eigenvalue weighted by atomic mass is 9.65. The fraction of sp³-hybridized carbons (Fsp3) is 0.360. The van der Waals surface area contributed by atoms with Crippen LogP contribution in [0.5, 0.6) is 5.75 Å². The number of nitriles is 1. The molecule has 0 spiro atoms.